The standard InChI is InChI=1S/C17H24N2O/c1-3-13-10-9-12(2)19(13)17(20)15-6-4-8-16-14(15)7-5-11-18-16/h4,6,8,12-13,18H,3,5,7,9-11H2,1-2H3. The van der Waals surface area contributed by atoms with Gasteiger partial charge in [-0.1, -0.05) is 13.0 Å². The van der Waals surface area contributed by atoms with Crippen molar-refractivity contribution in [2.24, 2.45) is 0 Å². The summed E-state index contributed by atoms with van der Waals surface area (Å²) in [4.78, 5) is 15.1. The maximum Gasteiger partial charge on any atom is 0.254 e. The van der Waals surface area contributed by atoms with E-state index in [1.807, 2.05) is 12.1 Å². The molecule has 0 aromatic heterocycles. The van der Waals surface area contributed by atoms with Crippen molar-refractivity contribution in [1.29, 1.82) is 0 Å². The molecule has 0 bridgehead atoms. The first-order valence-corrected chi connectivity index (χ1v) is 7.90. The number of amides is 1. The number of fused-ring (bicyclic) bond motifs is 1. The zero-order valence-corrected chi connectivity index (χ0v) is 12.5. The summed E-state index contributed by atoms with van der Waals surface area (Å²) in [5.74, 6) is 0.238. The molecule has 0 saturated carbocycles. The molecule has 3 nitrogen and oxygen atoms in total. The average molecular weight is 272 g/mol. The predicted molar refractivity (Wildman–Crippen MR) is 82.2 cm³/mol. The highest BCUT2D eigenvalue weighted by atomic mass is 16.2. The molecule has 2 atom stereocenters. The Morgan fingerprint density at radius 2 is 2.25 bits per heavy atom. The molecule has 1 aromatic carbocycles. The van der Waals surface area contributed by atoms with Gasteiger partial charge in [-0.25, -0.2) is 0 Å². The summed E-state index contributed by atoms with van der Waals surface area (Å²) in [6.45, 7) is 5.38. The van der Waals surface area contributed by atoms with Gasteiger partial charge >= 0.3 is 0 Å². The molecular weight excluding hydrogens is 248 g/mol. The molecule has 3 rings (SSSR count). The van der Waals surface area contributed by atoms with Gasteiger partial charge in [-0.2, -0.15) is 0 Å². The van der Waals surface area contributed by atoms with Crippen LogP contribution in [0.3, 0.4) is 0 Å². The van der Waals surface area contributed by atoms with Crippen LogP contribution in [0, 0.1) is 0 Å². The maximum atomic E-state index is 13.0. The van der Waals surface area contributed by atoms with Crippen LogP contribution in [0.1, 0.15) is 55.5 Å². The number of hydrogen-bond acceptors (Lipinski definition) is 2. The molecule has 0 spiro atoms. The molecule has 2 aliphatic rings. The van der Waals surface area contributed by atoms with Gasteiger partial charge in [0.25, 0.3) is 5.91 Å². The smallest absolute Gasteiger partial charge is 0.254 e. The SMILES string of the molecule is CCC1CCC(C)N1C(=O)c1cccc2c1CCCN2. The third-order valence-electron chi connectivity index (χ3n) is 4.82. The van der Waals surface area contributed by atoms with E-state index < -0.39 is 0 Å². The number of benzene rings is 1. The lowest BCUT2D eigenvalue weighted by molar-refractivity contribution is 0.0675. The number of hydrogen-bond donors (Lipinski definition) is 1. The zero-order chi connectivity index (χ0) is 14.1. The van der Waals surface area contributed by atoms with Crippen molar-refractivity contribution in [2.45, 2.75) is 58.0 Å². The van der Waals surface area contributed by atoms with Crippen molar-refractivity contribution < 1.29 is 4.79 Å². The number of nitrogens with zero attached hydrogens (tertiary/aromatic N) is 1. The summed E-state index contributed by atoms with van der Waals surface area (Å²) < 4.78 is 0. The molecule has 3 heteroatoms. The van der Waals surface area contributed by atoms with Gasteiger partial charge in [0.1, 0.15) is 0 Å². The Labute approximate surface area is 121 Å². The molecule has 2 unspecified atom stereocenters. The molecule has 1 fully saturated rings. The maximum absolute atomic E-state index is 13.0. The van der Waals surface area contributed by atoms with Crippen LogP contribution in [0.25, 0.3) is 0 Å². The van der Waals surface area contributed by atoms with Crippen molar-refractivity contribution >= 4 is 11.6 Å². The number of rotatable bonds is 2. The van der Waals surface area contributed by atoms with Crippen LogP contribution < -0.4 is 5.32 Å². The van der Waals surface area contributed by atoms with Crippen molar-refractivity contribution in [3.63, 3.8) is 0 Å². The van der Waals surface area contributed by atoms with Gasteiger partial charge < -0.3 is 10.2 Å². The van der Waals surface area contributed by atoms with Crippen LogP contribution >= 0.6 is 0 Å². The van der Waals surface area contributed by atoms with Crippen LogP contribution in [0.15, 0.2) is 18.2 Å². The zero-order valence-electron chi connectivity index (χ0n) is 12.5. The van der Waals surface area contributed by atoms with Gasteiger partial charge in [0.2, 0.25) is 0 Å². The highest BCUT2D eigenvalue weighted by molar-refractivity contribution is 5.97. The van der Waals surface area contributed by atoms with Gasteiger partial charge in [-0.05, 0) is 56.7 Å². The van der Waals surface area contributed by atoms with Gasteiger partial charge in [-0.3, -0.25) is 4.79 Å². The van der Waals surface area contributed by atoms with Gasteiger partial charge in [0.15, 0.2) is 0 Å². The van der Waals surface area contributed by atoms with E-state index in [2.05, 4.69) is 30.1 Å². The van der Waals surface area contributed by atoms with E-state index in [0.717, 1.165) is 49.9 Å². The lowest BCUT2D eigenvalue weighted by Gasteiger charge is -2.30. The topological polar surface area (TPSA) is 32.3 Å². The Balaban J connectivity index is 1.94. The fourth-order valence-corrected chi connectivity index (χ4v) is 3.69. The molecule has 2 aliphatic heterocycles. The van der Waals surface area contributed by atoms with Crippen molar-refractivity contribution in [2.75, 3.05) is 11.9 Å². The molecule has 1 N–H and O–H groups in total. The van der Waals surface area contributed by atoms with Crippen LogP contribution in [0.5, 0.6) is 0 Å². The van der Waals surface area contributed by atoms with Gasteiger partial charge in [0, 0.05) is 29.9 Å². The summed E-state index contributed by atoms with van der Waals surface area (Å²) >= 11 is 0. The first-order valence-electron chi connectivity index (χ1n) is 7.90. The Bertz CT molecular complexity index is 512. The van der Waals surface area contributed by atoms with Crippen molar-refractivity contribution in [3.05, 3.63) is 29.3 Å². The number of nitrogens with one attached hydrogen (secondary N) is 1. The molecule has 1 aromatic rings. The number of carbonyl (C=O) groups is 1. The quantitative estimate of drug-likeness (QED) is 0.894. The average Bonchev–Trinajstić information content (AvgIpc) is 2.87. The normalized spacial score (nSPS) is 25.2. The molecule has 0 radical (unpaired) electrons. The van der Waals surface area contributed by atoms with E-state index in [-0.39, 0.29) is 5.91 Å². The third-order valence-corrected chi connectivity index (χ3v) is 4.82. The number of likely N-dealkylation sites (tertiary alicyclic amines) is 1. The summed E-state index contributed by atoms with van der Waals surface area (Å²) in [5.41, 5.74) is 3.29. The third kappa shape index (κ3) is 2.19. The first kappa shape index (κ1) is 13.5. The highest BCUT2D eigenvalue weighted by Gasteiger charge is 2.34. The summed E-state index contributed by atoms with van der Waals surface area (Å²) in [6.07, 6.45) is 5.48. The second-order valence-electron chi connectivity index (χ2n) is 6.06. The second kappa shape index (κ2) is 5.47. The molecule has 108 valence electrons. The molecule has 0 aliphatic carbocycles. The minimum Gasteiger partial charge on any atom is -0.385 e. The number of carbonyl (C=O) groups excluding carboxylic acids is 1. The van der Waals surface area contributed by atoms with E-state index in [0.29, 0.717) is 12.1 Å². The Morgan fingerprint density at radius 3 is 3.05 bits per heavy atom. The minimum atomic E-state index is 0.238. The summed E-state index contributed by atoms with van der Waals surface area (Å²) in [7, 11) is 0. The second-order valence-corrected chi connectivity index (χ2v) is 6.06. The van der Waals surface area contributed by atoms with E-state index in [1.165, 1.54) is 5.56 Å². The highest BCUT2D eigenvalue weighted by Crippen LogP contribution is 2.31. The van der Waals surface area contributed by atoms with Gasteiger partial charge in [0.05, 0.1) is 0 Å². The fourth-order valence-electron chi connectivity index (χ4n) is 3.69. The summed E-state index contributed by atoms with van der Waals surface area (Å²) in [6, 6.07) is 6.90. The summed E-state index contributed by atoms with van der Waals surface area (Å²) in [5, 5.41) is 3.41. The fraction of sp³-hybridized carbons (Fsp3) is 0.588. The van der Waals surface area contributed by atoms with Crippen LogP contribution in [-0.4, -0.2) is 29.4 Å². The Morgan fingerprint density at radius 1 is 1.40 bits per heavy atom. The molecule has 2 heterocycles. The van der Waals surface area contributed by atoms with Gasteiger partial charge in [-0.15, -0.1) is 0 Å². The molecule has 20 heavy (non-hydrogen) atoms. The van der Waals surface area contributed by atoms with E-state index in [1.54, 1.807) is 0 Å². The minimum absolute atomic E-state index is 0.238. The first-order chi connectivity index (χ1) is 9.72. The monoisotopic (exact) mass is 272 g/mol. The Kier molecular flexibility index (Phi) is 3.68. The lowest BCUT2D eigenvalue weighted by Crippen LogP contribution is -2.40. The molecule has 1 amide bonds. The van der Waals surface area contributed by atoms with E-state index >= 15 is 0 Å². The molecule has 1 saturated heterocycles. The lowest BCUT2D eigenvalue weighted by atomic mass is 9.96. The van der Waals surface area contributed by atoms with E-state index in [4.69, 9.17) is 0 Å². The predicted octanol–water partition coefficient (Wildman–Crippen LogP) is 3.45. The van der Waals surface area contributed by atoms with Crippen LogP contribution in [0.4, 0.5) is 5.69 Å². The largest absolute Gasteiger partial charge is 0.385 e. The van der Waals surface area contributed by atoms with Crippen LogP contribution in [-0.2, 0) is 6.42 Å². The molecular formula is C17H24N2O. The number of anilines is 1. The van der Waals surface area contributed by atoms with E-state index in [9.17, 15) is 4.79 Å². The Hall–Kier alpha value is -1.51. The van der Waals surface area contributed by atoms with Crippen molar-refractivity contribution in [1.82, 2.24) is 4.90 Å². The van der Waals surface area contributed by atoms with Crippen molar-refractivity contribution in [3.8, 4) is 0 Å². The van der Waals surface area contributed by atoms with Crippen LogP contribution in [0.2, 0.25) is 0 Å².